The Labute approximate surface area is 185 Å². The number of hydrogen-bond acceptors (Lipinski definition) is 6. The van der Waals surface area contributed by atoms with E-state index in [0.717, 1.165) is 23.8 Å². The summed E-state index contributed by atoms with van der Waals surface area (Å²) in [6.07, 6.45) is 2.30. The van der Waals surface area contributed by atoms with Crippen molar-refractivity contribution < 1.29 is 14.3 Å². The minimum Gasteiger partial charge on any atom is -0.486 e. The van der Waals surface area contributed by atoms with E-state index in [1.54, 1.807) is 6.07 Å². The van der Waals surface area contributed by atoms with E-state index in [1.165, 1.54) is 17.3 Å². The molecular weight excluding hydrogens is 412 g/mol. The predicted molar refractivity (Wildman–Crippen MR) is 119 cm³/mol. The van der Waals surface area contributed by atoms with E-state index >= 15 is 0 Å². The fraction of sp³-hybridized carbons (Fsp3) is 0.348. The van der Waals surface area contributed by atoms with Crippen LogP contribution in [0.25, 0.3) is 0 Å². The number of anilines is 1. The Morgan fingerprint density at radius 3 is 2.68 bits per heavy atom. The molecule has 1 N–H and O–H groups in total. The Morgan fingerprint density at radius 2 is 1.90 bits per heavy atom. The maximum atomic E-state index is 12.8. The second-order valence-corrected chi connectivity index (χ2v) is 9.10. The van der Waals surface area contributed by atoms with Gasteiger partial charge in [-0.05, 0) is 37.5 Å². The number of thioether (sulfide) groups is 1. The standard InChI is InChI=1S/C23H24N4O3S/c1-15(22(28)24-18-9-10-19-20(13-18)30-12-11-29-19)31-23-26-25-21(17-7-8-17)27(23)14-16-5-3-2-4-6-16/h2-6,9-10,13,15,17H,7-8,11-12,14H2,1H3,(H,24,28). The summed E-state index contributed by atoms with van der Waals surface area (Å²) in [5.41, 5.74) is 1.88. The quantitative estimate of drug-likeness (QED) is 0.562. The number of nitrogens with zero attached hydrogens (tertiary/aromatic N) is 3. The van der Waals surface area contributed by atoms with Gasteiger partial charge in [-0.3, -0.25) is 4.79 Å². The molecule has 1 aliphatic heterocycles. The molecule has 1 aromatic heterocycles. The van der Waals surface area contributed by atoms with Crippen molar-refractivity contribution in [1.29, 1.82) is 0 Å². The molecule has 0 spiro atoms. The fourth-order valence-electron chi connectivity index (χ4n) is 3.52. The Bertz CT molecular complexity index is 1080. The summed E-state index contributed by atoms with van der Waals surface area (Å²) in [4.78, 5) is 12.8. The minimum atomic E-state index is -0.334. The lowest BCUT2D eigenvalue weighted by molar-refractivity contribution is -0.115. The van der Waals surface area contributed by atoms with Gasteiger partial charge in [0.05, 0.1) is 11.8 Å². The number of amides is 1. The van der Waals surface area contributed by atoms with E-state index in [2.05, 4.69) is 32.2 Å². The monoisotopic (exact) mass is 436 g/mol. The van der Waals surface area contributed by atoms with Gasteiger partial charge >= 0.3 is 0 Å². The molecule has 2 aromatic carbocycles. The van der Waals surface area contributed by atoms with Gasteiger partial charge in [0.25, 0.3) is 0 Å². The first-order chi connectivity index (χ1) is 15.2. The van der Waals surface area contributed by atoms with E-state index in [4.69, 9.17) is 9.47 Å². The van der Waals surface area contributed by atoms with Gasteiger partial charge in [-0.1, -0.05) is 42.1 Å². The summed E-state index contributed by atoms with van der Waals surface area (Å²) in [5, 5.41) is 12.3. The van der Waals surface area contributed by atoms with Crippen molar-refractivity contribution in [3.8, 4) is 11.5 Å². The molecule has 31 heavy (non-hydrogen) atoms. The van der Waals surface area contributed by atoms with Gasteiger partial charge in [0.2, 0.25) is 5.91 Å². The number of ether oxygens (including phenoxy) is 2. The summed E-state index contributed by atoms with van der Waals surface area (Å²) in [5.74, 6) is 2.76. The smallest absolute Gasteiger partial charge is 0.237 e. The molecule has 1 unspecified atom stereocenters. The van der Waals surface area contributed by atoms with Crippen LogP contribution in [0.15, 0.2) is 53.7 Å². The molecule has 2 aliphatic rings. The molecular formula is C23H24N4O3S. The molecule has 1 amide bonds. The first-order valence-electron chi connectivity index (χ1n) is 10.5. The van der Waals surface area contributed by atoms with Crippen LogP contribution < -0.4 is 14.8 Å². The minimum absolute atomic E-state index is 0.0936. The van der Waals surface area contributed by atoms with Crippen molar-refractivity contribution in [3.63, 3.8) is 0 Å². The average Bonchev–Trinajstić information content (AvgIpc) is 3.57. The summed E-state index contributed by atoms with van der Waals surface area (Å²) in [6.45, 7) is 3.64. The maximum absolute atomic E-state index is 12.8. The highest BCUT2D eigenvalue weighted by atomic mass is 32.2. The molecule has 2 heterocycles. The van der Waals surface area contributed by atoms with E-state index in [1.807, 2.05) is 37.3 Å². The van der Waals surface area contributed by atoms with E-state index in [0.29, 0.717) is 42.9 Å². The van der Waals surface area contributed by atoms with E-state index in [-0.39, 0.29) is 11.2 Å². The van der Waals surface area contributed by atoms with Crippen LogP contribution in [0.4, 0.5) is 5.69 Å². The fourth-order valence-corrected chi connectivity index (χ4v) is 4.38. The zero-order chi connectivity index (χ0) is 21.2. The number of hydrogen-bond donors (Lipinski definition) is 1. The number of carbonyl (C=O) groups excluding carboxylic acids is 1. The summed E-state index contributed by atoms with van der Waals surface area (Å²) < 4.78 is 13.3. The maximum Gasteiger partial charge on any atom is 0.237 e. The van der Waals surface area contributed by atoms with Crippen molar-refractivity contribution in [3.05, 3.63) is 59.9 Å². The Kier molecular flexibility index (Phi) is 5.55. The summed E-state index contributed by atoms with van der Waals surface area (Å²) in [7, 11) is 0. The second-order valence-electron chi connectivity index (χ2n) is 7.79. The Morgan fingerprint density at radius 1 is 1.13 bits per heavy atom. The summed E-state index contributed by atoms with van der Waals surface area (Å²) >= 11 is 1.43. The normalized spacial score (nSPS) is 16.0. The lowest BCUT2D eigenvalue weighted by atomic mass is 10.2. The van der Waals surface area contributed by atoms with Gasteiger partial charge in [0.1, 0.15) is 19.0 Å². The highest BCUT2D eigenvalue weighted by Crippen LogP contribution is 2.40. The first-order valence-corrected chi connectivity index (χ1v) is 11.4. The van der Waals surface area contributed by atoms with Crippen LogP contribution in [0.3, 0.4) is 0 Å². The van der Waals surface area contributed by atoms with Gasteiger partial charge < -0.3 is 19.4 Å². The molecule has 160 valence electrons. The van der Waals surface area contributed by atoms with Crippen molar-refractivity contribution in [2.75, 3.05) is 18.5 Å². The third kappa shape index (κ3) is 4.54. The number of fused-ring (bicyclic) bond motifs is 1. The molecule has 5 rings (SSSR count). The third-order valence-corrected chi connectivity index (χ3v) is 6.41. The molecule has 1 atom stereocenters. The van der Waals surface area contributed by atoms with Gasteiger partial charge in [0, 0.05) is 17.7 Å². The van der Waals surface area contributed by atoms with Crippen LogP contribution in [0.1, 0.15) is 37.1 Å². The van der Waals surface area contributed by atoms with E-state index < -0.39 is 0 Å². The highest BCUT2D eigenvalue weighted by Gasteiger charge is 2.31. The zero-order valence-corrected chi connectivity index (χ0v) is 18.1. The molecule has 3 aromatic rings. The largest absolute Gasteiger partial charge is 0.486 e. The average molecular weight is 437 g/mol. The number of rotatable bonds is 7. The molecule has 1 saturated carbocycles. The third-order valence-electron chi connectivity index (χ3n) is 5.33. The molecule has 7 nitrogen and oxygen atoms in total. The van der Waals surface area contributed by atoms with Crippen LogP contribution in [-0.4, -0.2) is 39.1 Å². The van der Waals surface area contributed by atoms with Crippen LogP contribution >= 0.6 is 11.8 Å². The van der Waals surface area contributed by atoms with Crippen LogP contribution in [0, 0.1) is 0 Å². The van der Waals surface area contributed by atoms with Crippen molar-refractivity contribution >= 4 is 23.4 Å². The molecule has 1 fully saturated rings. The lowest BCUT2D eigenvalue weighted by Gasteiger charge is -2.19. The van der Waals surface area contributed by atoms with Crippen molar-refractivity contribution in [2.24, 2.45) is 0 Å². The molecule has 0 saturated heterocycles. The van der Waals surface area contributed by atoms with Crippen molar-refractivity contribution in [2.45, 2.75) is 42.6 Å². The van der Waals surface area contributed by atoms with Gasteiger partial charge in [-0.25, -0.2) is 0 Å². The molecule has 1 aliphatic carbocycles. The number of nitrogens with one attached hydrogen (secondary N) is 1. The van der Waals surface area contributed by atoms with Crippen LogP contribution in [-0.2, 0) is 11.3 Å². The Balaban J connectivity index is 1.29. The number of carbonyl (C=O) groups is 1. The molecule has 8 heteroatoms. The lowest BCUT2D eigenvalue weighted by Crippen LogP contribution is -2.23. The van der Waals surface area contributed by atoms with Gasteiger partial charge in [-0.2, -0.15) is 0 Å². The van der Waals surface area contributed by atoms with Crippen LogP contribution in [0.5, 0.6) is 11.5 Å². The number of aromatic nitrogens is 3. The van der Waals surface area contributed by atoms with Gasteiger partial charge in [-0.15, -0.1) is 10.2 Å². The second kappa shape index (κ2) is 8.63. The van der Waals surface area contributed by atoms with Gasteiger partial charge in [0.15, 0.2) is 16.7 Å². The van der Waals surface area contributed by atoms with Crippen LogP contribution in [0.2, 0.25) is 0 Å². The highest BCUT2D eigenvalue weighted by molar-refractivity contribution is 8.00. The van der Waals surface area contributed by atoms with E-state index in [9.17, 15) is 4.79 Å². The zero-order valence-electron chi connectivity index (χ0n) is 17.3. The number of benzene rings is 2. The molecule has 0 radical (unpaired) electrons. The predicted octanol–water partition coefficient (Wildman–Crippen LogP) is 4.09. The first kappa shape index (κ1) is 19.9. The molecule has 0 bridgehead atoms. The Hall–Kier alpha value is -3.00. The SMILES string of the molecule is CC(Sc1nnc(C2CC2)n1Cc1ccccc1)C(=O)Nc1ccc2c(c1)OCCO2. The summed E-state index contributed by atoms with van der Waals surface area (Å²) in [6, 6.07) is 15.7. The van der Waals surface area contributed by atoms with Crippen molar-refractivity contribution in [1.82, 2.24) is 14.8 Å². The topological polar surface area (TPSA) is 78.3 Å².